The Morgan fingerprint density at radius 1 is 1.03 bits per heavy atom. The number of aryl methyl sites for hydroxylation is 2. The van der Waals surface area contributed by atoms with Crippen LogP contribution in [0.2, 0.25) is 0 Å². The summed E-state index contributed by atoms with van der Waals surface area (Å²) in [6, 6.07) is 16.4. The van der Waals surface area contributed by atoms with Gasteiger partial charge in [-0.1, -0.05) is 29.8 Å². The van der Waals surface area contributed by atoms with E-state index in [0.717, 1.165) is 5.56 Å². The molecule has 0 saturated heterocycles. The normalized spacial score (nSPS) is 11.9. The molecule has 0 aliphatic heterocycles. The van der Waals surface area contributed by atoms with E-state index in [2.05, 4.69) is 10.3 Å². The van der Waals surface area contributed by atoms with Gasteiger partial charge < -0.3 is 10.1 Å². The van der Waals surface area contributed by atoms with Gasteiger partial charge in [-0.15, -0.1) is 0 Å². The predicted octanol–water partition coefficient (Wildman–Crippen LogP) is 3.83. The van der Waals surface area contributed by atoms with Gasteiger partial charge in [0.15, 0.2) is 6.10 Å². The second-order valence-corrected chi connectivity index (χ2v) is 8.31. The van der Waals surface area contributed by atoms with Crippen LogP contribution in [0, 0.1) is 20.8 Å². The number of fused-ring (bicyclic) bond motifs is 1. The van der Waals surface area contributed by atoms with Crippen molar-refractivity contribution in [2.75, 3.05) is 5.32 Å². The predicted molar refractivity (Wildman–Crippen MR) is 130 cm³/mol. The summed E-state index contributed by atoms with van der Waals surface area (Å²) in [5.74, 6) is -1.22. The molecule has 1 unspecified atom stereocenters. The number of amides is 1. The third-order valence-electron chi connectivity index (χ3n) is 5.77. The standard InChI is InChI=1S/C26H26N4O4/c1-15-11-12-22-20(13-15)21(14-16(2)27-22)26(33)34-18(4)24(31)28-23-17(3)29(5)30(25(23)32)19-9-7-6-8-10-19/h6-14,18H,1-5H3,(H,28,31). The number of ether oxygens (including phenoxy) is 1. The Kier molecular flexibility index (Phi) is 6.06. The molecule has 2 aromatic heterocycles. The Bertz CT molecular complexity index is 1470. The number of benzene rings is 2. The van der Waals surface area contributed by atoms with Crippen LogP contribution in [0.3, 0.4) is 0 Å². The van der Waals surface area contributed by atoms with Crippen LogP contribution in [0.4, 0.5) is 5.69 Å². The first-order valence-electron chi connectivity index (χ1n) is 10.9. The van der Waals surface area contributed by atoms with Crippen molar-refractivity contribution in [2.24, 2.45) is 7.05 Å². The van der Waals surface area contributed by atoms with Crippen LogP contribution in [0.5, 0.6) is 0 Å². The molecule has 0 saturated carbocycles. The van der Waals surface area contributed by atoms with Crippen molar-refractivity contribution in [3.8, 4) is 5.69 Å². The van der Waals surface area contributed by atoms with Gasteiger partial charge in [0.1, 0.15) is 5.69 Å². The smallest absolute Gasteiger partial charge is 0.339 e. The number of hydrogen-bond donors (Lipinski definition) is 1. The van der Waals surface area contributed by atoms with E-state index in [-0.39, 0.29) is 11.2 Å². The van der Waals surface area contributed by atoms with E-state index in [9.17, 15) is 14.4 Å². The van der Waals surface area contributed by atoms with E-state index >= 15 is 0 Å². The van der Waals surface area contributed by atoms with Gasteiger partial charge in [0.2, 0.25) is 0 Å². The van der Waals surface area contributed by atoms with Crippen LogP contribution in [0.25, 0.3) is 16.6 Å². The molecule has 1 amide bonds. The van der Waals surface area contributed by atoms with Crippen LogP contribution >= 0.6 is 0 Å². The molecule has 174 valence electrons. The van der Waals surface area contributed by atoms with Crippen LogP contribution < -0.4 is 10.9 Å². The maximum atomic E-state index is 13.0. The molecule has 0 aliphatic rings. The molecular weight excluding hydrogens is 432 g/mol. The zero-order valence-electron chi connectivity index (χ0n) is 19.7. The third kappa shape index (κ3) is 4.22. The fraction of sp³-hybridized carbons (Fsp3) is 0.231. The highest BCUT2D eigenvalue weighted by molar-refractivity contribution is 6.05. The minimum absolute atomic E-state index is 0.139. The fourth-order valence-corrected chi connectivity index (χ4v) is 3.86. The average Bonchev–Trinajstić information content (AvgIpc) is 3.02. The number of pyridine rings is 1. The Morgan fingerprint density at radius 2 is 1.74 bits per heavy atom. The lowest BCUT2D eigenvalue weighted by Gasteiger charge is -2.14. The van der Waals surface area contributed by atoms with Gasteiger partial charge in [-0.3, -0.25) is 19.3 Å². The van der Waals surface area contributed by atoms with E-state index in [4.69, 9.17) is 4.74 Å². The number of esters is 1. The quantitative estimate of drug-likeness (QED) is 0.459. The molecule has 8 nitrogen and oxygen atoms in total. The minimum Gasteiger partial charge on any atom is -0.449 e. The molecule has 1 N–H and O–H groups in total. The van der Waals surface area contributed by atoms with Gasteiger partial charge in [0.05, 0.1) is 22.5 Å². The lowest BCUT2D eigenvalue weighted by atomic mass is 10.1. The molecule has 1 atom stereocenters. The third-order valence-corrected chi connectivity index (χ3v) is 5.77. The maximum absolute atomic E-state index is 13.0. The largest absolute Gasteiger partial charge is 0.449 e. The number of para-hydroxylation sites is 1. The van der Waals surface area contributed by atoms with Gasteiger partial charge in [-0.2, -0.15) is 0 Å². The summed E-state index contributed by atoms with van der Waals surface area (Å²) < 4.78 is 8.61. The molecule has 0 bridgehead atoms. The van der Waals surface area contributed by atoms with Gasteiger partial charge in [-0.25, -0.2) is 9.48 Å². The van der Waals surface area contributed by atoms with E-state index in [1.54, 1.807) is 43.8 Å². The second kappa shape index (κ2) is 8.97. The highest BCUT2D eigenvalue weighted by Gasteiger charge is 2.24. The maximum Gasteiger partial charge on any atom is 0.339 e. The van der Waals surface area contributed by atoms with Gasteiger partial charge in [0, 0.05) is 18.1 Å². The first-order chi connectivity index (χ1) is 16.2. The SMILES string of the molecule is Cc1ccc2nc(C)cc(C(=O)OC(C)C(=O)Nc3c(C)n(C)n(-c4ccccc4)c3=O)c2c1. The highest BCUT2D eigenvalue weighted by atomic mass is 16.5. The monoisotopic (exact) mass is 458 g/mol. The van der Waals surface area contributed by atoms with Crippen LogP contribution in [-0.2, 0) is 16.6 Å². The average molecular weight is 459 g/mol. The number of anilines is 1. The Morgan fingerprint density at radius 3 is 2.44 bits per heavy atom. The number of nitrogens with one attached hydrogen (secondary N) is 1. The molecule has 0 aliphatic carbocycles. The van der Waals surface area contributed by atoms with Crippen molar-refractivity contribution < 1.29 is 14.3 Å². The number of carbonyl (C=O) groups excluding carboxylic acids is 2. The summed E-state index contributed by atoms with van der Waals surface area (Å²) in [4.78, 5) is 43.3. The fourth-order valence-electron chi connectivity index (χ4n) is 3.86. The Labute approximate surface area is 196 Å². The molecule has 4 aromatic rings. The lowest BCUT2D eigenvalue weighted by Crippen LogP contribution is -2.32. The number of carbonyl (C=O) groups is 2. The molecular formula is C26H26N4O4. The van der Waals surface area contributed by atoms with Crippen molar-refractivity contribution in [3.05, 3.63) is 87.5 Å². The molecule has 34 heavy (non-hydrogen) atoms. The zero-order chi connectivity index (χ0) is 24.6. The molecule has 4 rings (SSSR count). The van der Waals surface area contributed by atoms with Crippen molar-refractivity contribution in [1.82, 2.24) is 14.3 Å². The first-order valence-corrected chi connectivity index (χ1v) is 10.9. The highest BCUT2D eigenvalue weighted by Crippen LogP contribution is 2.22. The number of nitrogens with zero attached hydrogens (tertiary/aromatic N) is 3. The summed E-state index contributed by atoms with van der Waals surface area (Å²) in [7, 11) is 1.74. The Hall–Kier alpha value is -4.20. The zero-order valence-corrected chi connectivity index (χ0v) is 19.7. The summed E-state index contributed by atoms with van der Waals surface area (Å²) >= 11 is 0. The minimum atomic E-state index is -1.12. The topological polar surface area (TPSA) is 95.2 Å². The number of aromatic nitrogens is 3. The summed E-state index contributed by atoms with van der Waals surface area (Å²) in [5.41, 5.74) is 3.68. The van der Waals surface area contributed by atoms with E-state index in [0.29, 0.717) is 33.5 Å². The first kappa shape index (κ1) is 23.0. The molecule has 8 heteroatoms. The van der Waals surface area contributed by atoms with Gasteiger partial charge >= 0.3 is 5.97 Å². The van der Waals surface area contributed by atoms with Crippen molar-refractivity contribution in [3.63, 3.8) is 0 Å². The summed E-state index contributed by atoms with van der Waals surface area (Å²) in [6.07, 6.45) is -1.12. The van der Waals surface area contributed by atoms with Crippen LogP contribution in [0.1, 0.15) is 34.2 Å². The Balaban J connectivity index is 1.57. The van der Waals surface area contributed by atoms with Crippen LogP contribution in [-0.4, -0.2) is 32.3 Å². The van der Waals surface area contributed by atoms with Crippen molar-refractivity contribution >= 4 is 28.5 Å². The van der Waals surface area contributed by atoms with E-state index in [1.165, 1.54) is 11.6 Å². The van der Waals surface area contributed by atoms with E-state index < -0.39 is 18.0 Å². The van der Waals surface area contributed by atoms with Crippen LogP contribution in [0.15, 0.2) is 59.4 Å². The van der Waals surface area contributed by atoms with Gasteiger partial charge in [0.25, 0.3) is 11.5 Å². The van der Waals surface area contributed by atoms with Gasteiger partial charge in [-0.05, 0) is 58.0 Å². The lowest BCUT2D eigenvalue weighted by molar-refractivity contribution is -0.123. The van der Waals surface area contributed by atoms with Crippen molar-refractivity contribution in [1.29, 1.82) is 0 Å². The molecule has 2 aromatic carbocycles. The number of rotatable bonds is 5. The summed E-state index contributed by atoms with van der Waals surface area (Å²) in [5, 5.41) is 3.30. The summed E-state index contributed by atoms with van der Waals surface area (Å²) in [6.45, 7) is 6.93. The molecule has 0 spiro atoms. The molecule has 0 radical (unpaired) electrons. The van der Waals surface area contributed by atoms with E-state index in [1.807, 2.05) is 43.3 Å². The van der Waals surface area contributed by atoms with Crippen molar-refractivity contribution in [2.45, 2.75) is 33.8 Å². The second-order valence-electron chi connectivity index (χ2n) is 8.31. The molecule has 0 fully saturated rings. The number of hydrogen-bond acceptors (Lipinski definition) is 5. The molecule has 2 heterocycles.